The van der Waals surface area contributed by atoms with Crippen LogP contribution in [0.5, 0.6) is 5.75 Å². The number of hydrazone groups is 1. The normalized spacial score (nSPS) is 11.2. The van der Waals surface area contributed by atoms with Gasteiger partial charge in [-0.1, -0.05) is 41.1 Å². The van der Waals surface area contributed by atoms with Gasteiger partial charge in [-0.2, -0.15) is 10.1 Å². The quantitative estimate of drug-likeness (QED) is 0.292. The number of hydrogen-bond donors (Lipinski definition) is 0. The highest BCUT2D eigenvalue weighted by Crippen LogP contribution is 2.32. The van der Waals surface area contributed by atoms with Gasteiger partial charge in [0.2, 0.25) is 5.13 Å². The minimum absolute atomic E-state index is 0.348. The van der Waals surface area contributed by atoms with Crippen molar-refractivity contribution in [1.29, 1.82) is 0 Å². The van der Waals surface area contributed by atoms with Crippen molar-refractivity contribution < 1.29 is 13.9 Å². The van der Waals surface area contributed by atoms with Crippen LogP contribution in [0.4, 0.5) is 9.52 Å². The first-order valence-electron chi connectivity index (χ1n) is 8.87. The van der Waals surface area contributed by atoms with Gasteiger partial charge in [-0.05, 0) is 54.1 Å². The number of carbonyl (C=O) groups is 1. The summed E-state index contributed by atoms with van der Waals surface area (Å²) < 4.78 is 19.3. The number of halogens is 2. The first kappa shape index (κ1) is 20.0. The zero-order valence-corrected chi connectivity index (χ0v) is 17.3. The average molecular weight is 440 g/mol. The van der Waals surface area contributed by atoms with E-state index in [1.165, 1.54) is 34.7 Å². The molecule has 150 valence electrons. The van der Waals surface area contributed by atoms with Crippen LogP contribution in [0.25, 0.3) is 10.2 Å². The number of rotatable bonds is 5. The van der Waals surface area contributed by atoms with Gasteiger partial charge in [-0.15, -0.1) is 0 Å². The second kappa shape index (κ2) is 8.61. The number of fused-ring (bicyclic) bond motifs is 1. The SMILES string of the molecule is COc1ccc2nc(N(/N=C/c3ccc(F)cc3)C(=O)c3cccc(Cl)c3)sc2c1. The molecule has 1 aromatic heterocycles. The van der Waals surface area contributed by atoms with E-state index >= 15 is 0 Å². The smallest absolute Gasteiger partial charge is 0.280 e. The van der Waals surface area contributed by atoms with Gasteiger partial charge in [-0.25, -0.2) is 9.37 Å². The zero-order chi connectivity index (χ0) is 21.1. The van der Waals surface area contributed by atoms with E-state index in [2.05, 4.69) is 10.1 Å². The van der Waals surface area contributed by atoms with E-state index < -0.39 is 0 Å². The van der Waals surface area contributed by atoms with Crippen molar-refractivity contribution in [1.82, 2.24) is 4.98 Å². The average Bonchev–Trinajstić information content (AvgIpc) is 3.17. The lowest BCUT2D eigenvalue weighted by atomic mass is 10.2. The summed E-state index contributed by atoms with van der Waals surface area (Å²) in [5, 5.41) is 6.39. The molecule has 4 rings (SSSR count). The highest BCUT2D eigenvalue weighted by Gasteiger charge is 2.21. The molecular formula is C22H15ClFN3O2S. The van der Waals surface area contributed by atoms with Gasteiger partial charge in [0.1, 0.15) is 11.6 Å². The zero-order valence-electron chi connectivity index (χ0n) is 15.8. The van der Waals surface area contributed by atoms with E-state index in [0.29, 0.717) is 27.0 Å². The summed E-state index contributed by atoms with van der Waals surface area (Å²) >= 11 is 7.36. The van der Waals surface area contributed by atoms with Crippen LogP contribution in [0.1, 0.15) is 15.9 Å². The van der Waals surface area contributed by atoms with E-state index in [1.54, 1.807) is 49.6 Å². The van der Waals surface area contributed by atoms with E-state index in [1.807, 2.05) is 12.1 Å². The van der Waals surface area contributed by atoms with Crippen LogP contribution in [0.3, 0.4) is 0 Å². The number of methoxy groups -OCH3 is 1. The first-order chi connectivity index (χ1) is 14.5. The Hall–Kier alpha value is -3.29. The van der Waals surface area contributed by atoms with Crippen LogP contribution in [0.2, 0.25) is 5.02 Å². The Balaban J connectivity index is 1.76. The molecule has 0 saturated heterocycles. The molecule has 8 heteroatoms. The minimum Gasteiger partial charge on any atom is -0.497 e. The summed E-state index contributed by atoms with van der Waals surface area (Å²) in [5.41, 5.74) is 1.73. The fourth-order valence-electron chi connectivity index (χ4n) is 2.72. The van der Waals surface area contributed by atoms with Gasteiger partial charge < -0.3 is 4.74 Å². The number of thiazole rings is 1. The molecule has 0 radical (unpaired) electrons. The van der Waals surface area contributed by atoms with Crippen molar-refractivity contribution in [3.05, 3.63) is 88.7 Å². The van der Waals surface area contributed by atoms with Gasteiger partial charge >= 0.3 is 0 Å². The Bertz CT molecular complexity index is 1240. The van der Waals surface area contributed by atoms with Gasteiger partial charge in [0.25, 0.3) is 5.91 Å². The van der Waals surface area contributed by atoms with Crippen molar-refractivity contribution >= 4 is 50.4 Å². The maximum absolute atomic E-state index is 13.2. The molecule has 0 aliphatic carbocycles. The molecule has 1 amide bonds. The van der Waals surface area contributed by atoms with E-state index in [9.17, 15) is 9.18 Å². The standard InChI is InChI=1S/C22H15ClFN3O2S/c1-29-18-9-10-19-20(12-18)30-22(26-19)27(21(28)15-3-2-4-16(23)11-15)25-13-14-5-7-17(24)8-6-14/h2-13H,1H3/b25-13+. The van der Waals surface area contributed by atoms with E-state index in [0.717, 1.165) is 10.2 Å². The summed E-state index contributed by atoms with van der Waals surface area (Å²) in [7, 11) is 1.59. The summed E-state index contributed by atoms with van der Waals surface area (Å²) in [6.07, 6.45) is 1.48. The summed E-state index contributed by atoms with van der Waals surface area (Å²) in [4.78, 5) is 17.8. The third kappa shape index (κ3) is 4.32. The van der Waals surface area contributed by atoms with Gasteiger partial charge in [0.15, 0.2) is 0 Å². The molecule has 0 aliphatic rings. The van der Waals surface area contributed by atoms with Crippen molar-refractivity contribution in [2.75, 3.05) is 12.1 Å². The number of carbonyl (C=O) groups excluding carboxylic acids is 1. The molecular weight excluding hydrogens is 425 g/mol. The highest BCUT2D eigenvalue weighted by atomic mass is 35.5. The Morgan fingerprint density at radius 3 is 2.70 bits per heavy atom. The number of nitrogens with zero attached hydrogens (tertiary/aromatic N) is 3. The predicted molar refractivity (Wildman–Crippen MR) is 118 cm³/mol. The van der Waals surface area contributed by atoms with Crippen LogP contribution in [-0.2, 0) is 0 Å². The summed E-state index contributed by atoms with van der Waals surface area (Å²) in [5.74, 6) is -0.0405. The van der Waals surface area contributed by atoms with Crippen LogP contribution < -0.4 is 9.75 Å². The van der Waals surface area contributed by atoms with Crippen molar-refractivity contribution in [3.8, 4) is 5.75 Å². The Kier molecular flexibility index (Phi) is 5.74. The van der Waals surface area contributed by atoms with Crippen LogP contribution >= 0.6 is 22.9 Å². The Morgan fingerprint density at radius 2 is 1.97 bits per heavy atom. The monoisotopic (exact) mass is 439 g/mol. The molecule has 0 aliphatic heterocycles. The molecule has 0 spiro atoms. The molecule has 0 bridgehead atoms. The number of aromatic nitrogens is 1. The van der Waals surface area contributed by atoms with Gasteiger partial charge in [0, 0.05) is 10.6 Å². The lowest BCUT2D eigenvalue weighted by molar-refractivity contribution is 0.0988. The molecule has 0 atom stereocenters. The number of benzene rings is 3. The molecule has 1 heterocycles. The van der Waals surface area contributed by atoms with Crippen LogP contribution in [0.15, 0.2) is 71.8 Å². The third-order valence-electron chi connectivity index (χ3n) is 4.22. The van der Waals surface area contributed by atoms with E-state index in [-0.39, 0.29) is 11.7 Å². The molecule has 0 fully saturated rings. The molecule has 0 N–H and O–H groups in total. The first-order valence-corrected chi connectivity index (χ1v) is 10.1. The third-order valence-corrected chi connectivity index (χ3v) is 5.45. The lowest BCUT2D eigenvalue weighted by Gasteiger charge is -2.14. The second-order valence-electron chi connectivity index (χ2n) is 6.25. The van der Waals surface area contributed by atoms with Gasteiger partial charge in [-0.3, -0.25) is 4.79 Å². The molecule has 0 saturated carbocycles. The molecule has 5 nitrogen and oxygen atoms in total. The molecule has 3 aromatic carbocycles. The number of hydrogen-bond acceptors (Lipinski definition) is 5. The predicted octanol–water partition coefficient (Wildman–Crippen LogP) is 5.78. The largest absolute Gasteiger partial charge is 0.497 e. The van der Waals surface area contributed by atoms with Crippen molar-refractivity contribution in [2.45, 2.75) is 0 Å². The topological polar surface area (TPSA) is 54.8 Å². The van der Waals surface area contributed by atoms with E-state index in [4.69, 9.17) is 16.3 Å². The van der Waals surface area contributed by atoms with Crippen LogP contribution in [-0.4, -0.2) is 24.2 Å². The Labute approximate surface area is 181 Å². The van der Waals surface area contributed by atoms with Crippen molar-refractivity contribution in [2.24, 2.45) is 5.10 Å². The van der Waals surface area contributed by atoms with Crippen molar-refractivity contribution in [3.63, 3.8) is 0 Å². The maximum Gasteiger partial charge on any atom is 0.280 e. The molecule has 30 heavy (non-hydrogen) atoms. The minimum atomic E-state index is -0.387. The van der Waals surface area contributed by atoms with Gasteiger partial charge in [0.05, 0.1) is 23.5 Å². The summed E-state index contributed by atoms with van der Waals surface area (Å²) in [6.45, 7) is 0. The summed E-state index contributed by atoms with van der Waals surface area (Å²) in [6, 6.07) is 17.9. The lowest BCUT2D eigenvalue weighted by Crippen LogP contribution is -2.25. The highest BCUT2D eigenvalue weighted by molar-refractivity contribution is 7.22. The number of ether oxygens (including phenoxy) is 1. The molecule has 4 aromatic rings. The fraction of sp³-hybridized carbons (Fsp3) is 0.0455. The fourth-order valence-corrected chi connectivity index (χ4v) is 3.86. The van der Waals surface area contributed by atoms with Crippen LogP contribution in [0, 0.1) is 5.82 Å². The second-order valence-corrected chi connectivity index (χ2v) is 7.70. The molecule has 0 unspecified atom stereocenters. The Morgan fingerprint density at radius 1 is 1.17 bits per heavy atom. The number of anilines is 1. The number of amides is 1. The maximum atomic E-state index is 13.2.